The van der Waals surface area contributed by atoms with Gasteiger partial charge in [0.25, 0.3) is 0 Å². The van der Waals surface area contributed by atoms with Crippen molar-refractivity contribution in [2.75, 3.05) is 13.2 Å². The van der Waals surface area contributed by atoms with Crippen LogP contribution in [0.15, 0.2) is 23.8 Å². The lowest BCUT2D eigenvalue weighted by Crippen LogP contribution is -2.63. The minimum absolute atomic E-state index is 0.0198. The van der Waals surface area contributed by atoms with Crippen molar-refractivity contribution < 1.29 is 38.9 Å². The molecule has 8 unspecified atom stereocenters. The van der Waals surface area contributed by atoms with Crippen molar-refractivity contribution in [1.82, 2.24) is 0 Å². The molecule has 0 heterocycles. The summed E-state index contributed by atoms with van der Waals surface area (Å²) in [5.41, 5.74) is -3.39. The summed E-state index contributed by atoms with van der Waals surface area (Å²) in [6.45, 7) is 13.3. The quantitative estimate of drug-likeness (QED) is 0.298. The highest BCUT2D eigenvalue weighted by Crippen LogP contribution is 2.59. The Balaban J connectivity index is 2.05. The number of aliphatic hydroxyl groups is 2. The van der Waals surface area contributed by atoms with Crippen LogP contribution >= 0.6 is 0 Å². The van der Waals surface area contributed by atoms with Crippen LogP contribution in [-0.4, -0.2) is 58.6 Å². The number of carbonyl (C=O) groups is 4. The van der Waals surface area contributed by atoms with Crippen molar-refractivity contribution in [2.24, 2.45) is 40.4 Å². The zero-order valence-electron chi connectivity index (χ0n) is 25.2. The van der Waals surface area contributed by atoms with E-state index in [4.69, 9.17) is 9.47 Å². The zero-order valence-corrected chi connectivity index (χ0v) is 25.2. The smallest absolute Gasteiger partial charge is 0.302 e. The molecule has 0 spiro atoms. The van der Waals surface area contributed by atoms with E-state index in [1.807, 2.05) is 0 Å². The molecule has 8 heteroatoms. The van der Waals surface area contributed by atoms with Crippen molar-refractivity contribution >= 4 is 23.5 Å². The van der Waals surface area contributed by atoms with Gasteiger partial charge in [-0.2, -0.15) is 0 Å². The Hall–Kier alpha value is -2.32. The van der Waals surface area contributed by atoms with Gasteiger partial charge in [0.15, 0.2) is 11.6 Å². The molecule has 8 atom stereocenters. The van der Waals surface area contributed by atoms with Crippen LogP contribution in [0.4, 0.5) is 0 Å². The summed E-state index contributed by atoms with van der Waals surface area (Å²) in [5, 5.41) is 21.6. The van der Waals surface area contributed by atoms with Gasteiger partial charge in [0.2, 0.25) is 0 Å². The lowest BCUT2D eigenvalue weighted by molar-refractivity contribution is -0.174. The standard InChI is InChI=1S/C32H48O8/c1-19(2)20(3)8-9-23(18-40-22(5)34)26-10-11-27(30(26,6)14-15-39-21(4)33)25-16-28(36)32(38)17-24(35)12-13-31(32,7)29(25)37/h8-9,16,19-20,23-24,26-27,35,38H,10-15,17-18H2,1-7H3. The Morgan fingerprint density at radius 3 is 2.30 bits per heavy atom. The fourth-order valence-electron chi connectivity index (χ4n) is 7.22. The summed E-state index contributed by atoms with van der Waals surface area (Å²) in [4.78, 5) is 51.0. The van der Waals surface area contributed by atoms with Gasteiger partial charge in [0.1, 0.15) is 5.60 Å². The van der Waals surface area contributed by atoms with Gasteiger partial charge < -0.3 is 19.7 Å². The van der Waals surface area contributed by atoms with E-state index in [1.165, 1.54) is 19.9 Å². The van der Waals surface area contributed by atoms with Crippen molar-refractivity contribution in [2.45, 2.75) is 98.7 Å². The van der Waals surface area contributed by atoms with Crippen molar-refractivity contribution in [3.63, 3.8) is 0 Å². The Kier molecular flexibility index (Phi) is 9.88. The Labute approximate surface area is 238 Å². The van der Waals surface area contributed by atoms with E-state index in [9.17, 15) is 29.4 Å². The van der Waals surface area contributed by atoms with Crippen molar-refractivity contribution in [1.29, 1.82) is 0 Å². The maximum Gasteiger partial charge on any atom is 0.302 e. The van der Waals surface area contributed by atoms with Crippen LogP contribution in [0.2, 0.25) is 0 Å². The van der Waals surface area contributed by atoms with E-state index in [0.717, 1.165) is 6.42 Å². The maximum absolute atomic E-state index is 14.1. The number of hydrogen-bond donors (Lipinski definition) is 2. The third-order valence-corrected chi connectivity index (χ3v) is 10.3. The third-order valence-electron chi connectivity index (χ3n) is 10.3. The predicted molar refractivity (Wildman–Crippen MR) is 150 cm³/mol. The Morgan fingerprint density at radius 1 is 1.05 bits per heavy atom. The first-order chi connectivity index (χ1) is 18.6. The van der Waals surface area contributed by atoms with Crippen molar-refractivity contribution in [3.05, 3.63) is 23.8 Å². The molecule has 0 aromatic rings. The number of hydrogen-bond acceptors (Lipinski definition) is 8. The fraction of sp³-hybridized carbons (Fsp3) is 0.750. The van der Waals surface area contributed by atoms with Gasteiger partial charge >= 0.3 is 11.9 Å². The van der Waals surface area contributed by atoms with Gasteiger partial charge in [-0.3, -0.25) is 19.2 Å². The maximum atomic E-state index is 14.1. The molecule has 3 aliphatic carbocycles. The summed E-state index contributed by atoms with van der Waals surface area (Å²) in [7, 11) is 0. The topological polar surface area (TPSA) is 127 Å². The second-order valence-corrected chi connectivity index (χ2v) is 13.2. The number of allylic oxidation sites excluding steroid dienone is 2. The first-order valence-corrected chi connectivity index (χ1v) is 14.7. The zero-order chi connectivity index (χ0) is 30.0. The van der Waals surface area contributed by atoms with Crippen LogP contribution in [0.3, 0.4) is 0 Å². The molecule has 40 heavy (non-hydrogen) atoms. The highest BCUT2D eigenvalue weighted by atomic mass is 16.5. The average molecular weight is 561 g/mol. The van der Waals surface area contributed by atoms with E-state index in [-0.39, 0.29) is 55.6 Å². The lowest BCUT2D eigenvalue weighted by Gasteiger charge is -2.51. The molecule has 3 rings (SSSR count). The molecule has 2 saturated carbocycles. The van der Waals surface area contributed by atoms with Gasteiger partial charge in [-0.1, -0.05) is 39.8 Å². The van der Waals surface area contributed by atoms with Gasteiger partial charge in [0.05, 0.1) is 24.7 Å². The summed E-state index contributed by atoms with van der Waals surface area (Å²) in [5.74, 6) is -1.26. The van der Waals surface area contributed by atoms with Gasteiger partial charge in [-0.25, -0.2) is 0 Å². The number of Topliss-reactive ketones (excluding diaryl/α,β-unsaturated/α-hetero) is 1. The fourth-order valence-corrected chi connectivity index (χ4v) is 7.22. The molecule has 0 aromatic heterocycles. The molecule has 0 amide bonds. The van der Waals surface area contributed by atoms with Gasteiger partial charge in [-0.05, 0) is 74.2 Å². The molecule has 0 aliphatic heterocycles. The largest absolute Gasteiger partial charge is 0.466 e. The summed E-state index contributed by atoms with van der Waals surface area (Å²) in [6, 6.07) is 0. The molecule has 2 fully saturated rings. The van der Waals surface area contributed by atoms with Gasteiger partial charge in [0, 0.05) is 31.8 Å². The SMILES string of the molecule is CC(=O)OCCC1(C)C(C2=CC(=O)C3(O)CC(O)CCC3(C)C2=O)CCC1C(C=CC(C)C(C)C)COC(C)=O. The highest BCUT2D eigenvalue weighted by molar-refractivity contribution is 6.16. The molecule has 0 bridgehead atoms. The highest BCUT2D eigenvalue weighted by Gasteiger charge is 2.63. The molecule has 0 radical (unpaired) electrons. The van der Waals surface area contributed by atoms with Crippen LogP contribution in [0.5, 0.6) is 0 Å². The first kappa shape index (κ1) is 32.2. The van der Waals surface area contributed by atoms with Crippen LogP contribution < -0.4 is 0 Å². The third kappa shape index (κ3) is 6.13. The number of carbonyl (C=O) groups excluding carboxylic acids is 4. The molecule has 2 N–H and O–H groups in total. The number of fused-ring (bicyclic) bond motifs is 1. The molecule has 0 saturated heterocycles. The number of ketones is 2. The Morgan fingerprint density at radius 2 is 1.70 bits per heavy atom. The average Bonchev–Trinajstić information content (AvgIpc) is 3.19. The van der Waals surface area contributed by atoms with E-state index < -0.39 is 34.3 Å². The van der Waals surface area contributed by atoms with Crippen LogP contribution in [0, 0.1) is 40.4 Å². The molecular weight excluding hydrogens is 512 g/mol. The number of aliphatic hydroxyl groups excluding tert-OH is 1. The minimum Gasteiger partial charge on any atom is -0.466 e. The summed E-state index contributed by atoms with van der Waals surface area (Å²) in [6.07, 6.45) is 6.98. The minimum atomic E-state index is -1.93. The second kappa shape index (κ2) is 12.3. The predicted octanol–water partition coefficient (Wildman–Crippen LogP) is 4.36. The number of esters is 2. The van der Waals surface area contributed by atoms with Crippen LogP contribution in [0.25, 0.3) is 0 Å². The molecular formula is C32H48O8. The van der Waals surface area contributed by atoms with Gasteiger partial charge in [-0.15, -0.1) is 0 Å². The number of rotatable bonds is 10. The van der Waals surface area contributed by atoms with E-state index in [2.05, 4.69) is 39.8 Å². The summed E-state index contributed by atoms with van der Waals surface area (Å²) < 4.78 is 10.9. The van der Waals surface area contributed by atoms with E-state index in [0.29, 0.717) is 36.7 Å². The number of ether oxygens (including phenoxy) is 2. The lowest BCUT2D eigenvalue weighted by atomic mass is 9.53. The van der Waals surface area contributed by atoms with Crippen molar-refractivity contribution in [3.8, 4) is 0 Å². The van der Waals surface area contributed by atoms with Crippen LogP contribution in [0.1, 0.15) is 87.0 Å². The second-order valence-electron chi connectivity index (χ2n) is 13.2. The molecule has 3 aliphatic rings. The van der Waals surface area contributed by atoms with E-state index in [1.54, 1.807) is 6.92 Å². The van der Waals surface area contributed by atoms with Crippen LogP contribution in [-0.2, 0) is 28.7 Å². The van der Waals surface area contributed by atoms with E-state index >= 15 is 0 Å². The first-order valence-electron chi connectivity index (χ1n) is 14.7. The molecule has 8 nitrogen and oxygen atoms in total. The summed E-state index contributed by atoms with van der Waals surface area (Å²) >= 11 is 0. The molecule has 224 valence electrons. The molecule has 0 aromatic carbocycles. The Bertz CT molecular complexity index is 1060. The normalized spacial score (nSPS) is 35.9. The monoisotopic (exact) mass is 560 g/mol.